The Morgan fingerprint density at radius 2 is 0.935 bits per heavy atom. The van der Waals surface area contributed by atoms with Gasteiger partial charge in [0.2, 0.25) is 0 Å². The average molecular weight is 563 g/mol. The summed E-state index contributed by atoms with van der Waals surface area (Å²) in [7, 11) is 10.4. The summed E-state index contributed by atoms with van der Waals surface area (Å²) in [6.45, 7) is 20.7. The molecular formula is C22H52N6OSiSn. The number of hydrogen-bond acceptors (Lipinski definition) is 7. The molecule has 0 bridgehead atoms. The summed E-state index contributed by atoms with van der Waals surface area (Å²) < 4.78 is 25.4. The number of hydrogen-bond donors (Lipinski definition) is 0. The van der Waals surface area contributed by atoms with Gasteiger partial charge in [-0.1, -0.05) is 0 Å². The molecule has 0 aromatic carbocycles. The Morgan fingerprint density at radius 3 is 1.19 bits per heavy atom. The topological polar surface area (TPSA) is 28.7 Å². The molecule has 0 fully saturated rings. The maximum atomic E-state index is 6.56. The summed E-state index contributed by atoms with van der Waals surface area (Å²) in [5.74, 6) is 3.62. The van der Waals surface area contributed by atoms with Gasteiger partial charge in [-0.3, -0.25) is 0 Å². The molecule has 184 valence electrons. The van der Waals surface area contributed by atoms with Gasteiger partial charge in [-0.15, -0.1) is 0 Å². The molecule has 7 nitrogen and oxygen atoms in total. The first-order valence-electron chi connectivity index (χ1n) is 12.0. The van der Waals surface area contributed by atoms with Crippen LogP contribution >= 0.6 is 0 Å². The van der Waals surface area contributed by atoms with Crippen LogP contribution < -0.4 is 0 Å². The molecule has 0 aliphatic heterocycles. The molecule has 0 aromatic rings. The predicted octanol–water partition coefficient (Wildman–Crippen LogP) is 2.02. The molecule has 0 aromatic heterocycles. The van der Waals surface area contributed by atoms with Crippen LogP contribution in [0.2, 0.25) is 0 Å². The van der Waals surface area contributed by atoms with Crippen molar-refractivity contribution in [2.24, 2.45) is 0 Å². The molecule has 9 heteroatoms. The first-order valence-corrected chi connectivity index (χ1v) is 19.0. The van der Waals surface area contributed by atoms with Crippen LogP contribution in [-0.2, 0) is 4.43 Å². The zero-order valence-corrected chi connectivity index (χ0v) is 26.6. The molecule has 0 radical (unpaired) electrons. The van der Waals surface area contributed by atoms with E-state index in [9.17, 15) is 0 Å². The van der Waals surface area contributed by atoms with E-state index >= 15 is 0 Å². The molecule has 0 saturated heterocycles. The van der Waals surface area contributed by atoms with Crippen LogP contribution in [0, 0.1) is 9.86 Å². The number of nitrogens with zero attached hydrogens (tertiary/aromatic N) is 6. The van der Waals surface area contributed by atoms with Crippen molar-refractivity contribution >= 4 is 28.0 Å². The monoisotopic (exact) mass is 564 g/mol. The Morgan fingerprint density at radius 1 is 0.613 bits per heavy atom. The zero-order valence-electron chi connectivity index (χ0n) is 22.7. The van der Waals surface area contributed by atoms with Gasteiger partial charge in [-0.05, 0) is 0 Å². The Hall–Kier alpha value is 0.296. The summed E-state index contributed by atoms with van der Waals surface area (Å²) in [6.07, 6.45) is 0.771. The predicted molar refractivity (Wildman–Crippen MR) is 140 cm³/mol. The third kappa shape index (κ3) is 7.14. The normalized spacial score (nSPS) is 13.2. The van der Waals surface area contributed by atoms with Gasteiger partial charge in [0.05, 0.1) is 0 Å². The van der Waals surface area contributed by atoms with Gasteiger partial charge < -0.3 is 0 Å². The summed E-state index contributed by atoms with van der Waals surface area (Å²) in [5.41, 5.74) is 0. The summed E-state index contributed by atoms with van der Waals surface area (Å²) in [5, 5.41) is 0. The van der Waals surface area contributed by atoms with Gasteiger partial charge in [0.25, 0.3) is 0 Å². The van der Waals surface area contributed by atoms with E-state index in [0.717, 1.165) is 45.7 Å². The SMILES string of the molecule is CC[N](CC)[Sn]([C]#CCCO[Si](N(C)C)(N(C)C)N(C)C)([N](CC)CC)[N](CC)CC. The van der Waals surface area contributed by atoms with Crippen molar-refractivity contribution in [2.75, 3.05) is 88.2 Å². The van der Waals surface area contributed by atoms with Crippen LogP contribution in [0.5, 0.6) is 0 Å². The van der Waals surface area contributed by atoms with Crippen molar-refractivity contribution in [1.29, 1.82) is 0 Å². The molecule has 0 spiro atoms. The Balaban J connectivity index is 5.96. The van der Waals surface area contributed by atoms with E-state index in [1.54, 1.807) is 0 Å². The molecule has 0 aliphatic rings. The quantitative estimate of drug-likeness (QED) is 0.171. The molecule has 0 aliphatic carbocycles. The van der Waals surface area contributed by atoms with Gasteiger partial charge in [-0.25, -0.2) is 0 Å². The van der Waals surface area contributed by atoms with E-state index in [1.807, 2.05) is 0 Å². The van der Waals surface area contributed by atoms with Gasteiger partial charge >= 0.3 is 201 Å². The first-order chi connectivity index (χ1) is 14.6. The van der Waals surface area contributed by atoms with Crippen LogP contribution in [0.15, 0.2) is 0 Å². The van der Waals surface area contributed by atoms with Crippen molar-refractivity contribution in [2.45, 2.75) is 48.0 Å². The number of rotatable bonds is 15. The molecule has 0 N–H and O–H groups in total. The second-order valence-corrected chi connectivity index (χ2v) is 22.2. The molecule has 0 rings (SSSR count). The standard InChI is InChI=1S/C10H22N3OSi.3C4H10N.Sn/c1-8-9-10-14-15(11(2)3,12(4)5)13(6)7;3*1-3-5-4-2;/h9-10H2,2-7H3;3*3-4H2,1-2H3;/q;3*-1;+3. The van der Waals surface area contributed by atoms with Crippen LogP contribution in [0.4, 0.5) is 0 Å². The maximum absolute atomic E-state index is 6.56. The van der Waals surface area contributed by atoms with E-state index in [-0.39, 0.29) is 0 Å². The third-order valence-electron chi connectivity index (χ3n) is 6.14. The third-order valence-corrected chi connectivity index (χ3v) is 24.7. The molecular weight excluding hydrogens is 511 g/mol. The minimum absolute atomic E-state index is 0.657. The van der Waals surface area contributed by atoms with Crippen molar-refractivity contribution in [3.8, 4) is 9.86 Å². The zero-order chi connectivity index (χ0) is 24.2. The fourth-order valence-corrected chi connectivity index (χ4v) is 21.8. The summed E-state index contributed by atoms with van der Waals surface area (Å²) >= 11 is -3.26. The van der Waals surface area contributed by atoms with E-state index in [0.29, 0.717) is 6.61 Å². The van der Waals surface area contributed by atoms with E-state index in [1.165, 1.54) is 0 Å². The van der Waals surface area contributed by atoms with Gasteiger partial charge in [-0.2, -0.15) is 0 Å². The van der Waals surface area contributed by atoms with Gasteiger partial charge in [0.1, 0.15) is 0 Å². The van der Waals surface area contributed by atoms with Crippen molar-refractivity contribution < 1.29 is 4.43 Å². The Labute approximate surface area is 201 Å². The van der Waals surface area contributed by atoms with Gasteiger partial charge in [0.15, 0.2) is 0 Å². The van der Waals surface area contributed by atoms with E-state index in [4.69, 9.17) is 4.43 Å². The molecule has 0 atom stereocenters. The molecule has 0 unspecified atom stereocenters. The second kappa shape index (κ2) is 15.2. The molecule has 0 amide bonds. The average Bonchev–Trinajstić information content (AvgIpc) is 2.72. The van der Waals surface area contributed by atoms with Crippen LogP contribution in [0.1, 0.15) is 48.0 Å². The van der Waals surface area contributed by atoms with Crippen molar-refractivity contribution in [3.05, 3.63) is 0 Å². The summed E-state index contributed by atoms with van der Waals surface area (Å²) in [6, 6.07) is 0. The van der Waals surface area contributed by atoms with Crippen LogP contribution in [-0.4, -0.2) is 139 Å². The molecule has 0 heterocycles. The summed E-state index contributed by atoms with van der Waals surface area (Å²) in [4.78, 5) is 0. The minimum atomic E-state index is -3.26. The van der Waals surface area contributed by atoms with E-state index < -0.39 is 28.0 Å². The fourth-order valence-electron chi connectivity index (χ4n) is 4.84. The second-order valence-electron chi connectivity index (χ2n) is 8.31. The first kappa shape index (κ1) is 31.3. The van der Waals surface area contributed by atoms with Crippen LogP contribution in [0.3, 0.4) is 0 Å². The fraction of sp³-hybridized carbons (Fsp3) is 0.909. The molecule has 31 heavy (non-hydrogen) atoms. The van der Waals surface area contributed by atoms with Crippen molar-refractivity contribution in [1.82, 2.24) is 23.1 Å². The molecule has 0 saturated carbocycles. The Kier molecular flexibility index (Phi) is 15.4. The van der Waals surface area contributed by atoms with Crippen LogP contribution in [0.25, 0.3) is 0 Å². The van der Waals surface area contributed by atoms with E-state index in [2.05, 4.69) is 117 Å². The van der Waals surface area contributed by atoms with Gasteiger partial charge in [0, 0.05) is 0 Å². The Bertz CT molecular complexity index is 487. The van der Waals surface area contributed by atoms with Crippen molar-refractivity contribution in [3.63, 3.8) is 0 Å².